The summed E-state index contributed by atoms with van der Waals surface area (Å²) in [5.41, 5.74) is -0.204. The number of unbranched alkanes of at least 4 members (excludes halogenated alkanes) is 1. The highest BCUT2D eigenvalue weighted by atomic mass is 19.4. The molecule has 0 saturated heterocycles. The fourth-order valence-corrected chi connectivity index (χ4v) is 1.06. The monoisotopic (exact) mass is 227 g/mol. The molecule has 2 N–H and O–H groups in total. The minimum Gasteiger partial charge on any atom is -0.396 e. The summed E-state index contributed by atoms with van der Waals surface area (Å²) in [6.07, 6.45) is -4.07. The Morgan fingerprint density at radius 1 is 1.13 bits per heavy atom. The summed E-state index contributed by atoms with van der Waals surface area (Å²) in [4.78, 5) is 0. The summed E-state index contributed by atoms with van der Waals surface area (Å²) in [6.45, 7) is 5.06. The van der Waals surface area contributed by atoms with Crippen molar-refractivity contribution in [2.24, 2.45) is 5.41 Å². The summed E-state index contributed by atoms with van der Waals surface area (Å²) in [6, 6.07) is 0. The van der Waals surface area contributed by atoms with Crippen molar-refractivity contribution in [3.05, 3.63) is 0 Å². The van der Waals surface area contributed by atoms with Gasteiger partial charge >= 0.3 is 6.18 Å². The molecule has 0 aromatic rings. The maximum absolute atomic E-state index is 11.8. The van der Waals surface area contributed by atoms with E-state index < -0.39 is 12.6 Å². The first kappa shape index (κ1) is 14.7. The molecule has 0 rings (SSSR count). The zero-order valence-corrected chi connectivity index (χ0v) is 9.32. The Hall–Kier alpha value is -0.290. The number of hydrogen-bond acceptors (Lipinski definition) is 2. The van der Waals surface area contributed by atoms with Gasteiger partial charge in [-0.3, -0.25) is 0 Å². The third-order valence-electron chi connectivity index (χ3n) is 2.10. The molecule has 0 bridgehead atoms. The number of aliphatic hydroxyl groups excluding tert-OH is 1. The van der Waals surface area contributed by atoms with Gasteiger partial charge in [0, 0.05) is 25.0 Å². The van der Waals surface area contributed by atoms with Gasteiger partial charge in [0.1, 0.15) is 0 Å². The smallest absolute Gasteiger partial charge is 0.389 e. The Kier molecular flexibility index (Phi) is 6.20. The zero-order chi connectivity index (χ0) is 11.9. The lowest BCUT2D eigenvalue weighted by Crippen LogP contribution is -2.32. The van der Waals surface area contributed by atoms with Crippen LogP contribution in [0, 0.1) is 5.41 Å². The van der Waals surface area contributed by atoms with E-state index in [-0.39, 0.29) is 18.4 Å². The van der Waals surface area contributed by atoms with Crippen LogP contribution in [0.1, 0.15) is 33.1 Å². The average molecular weight is 227 g/mol. The lowest BCUT2D eigenvalue weighted by molar-refractivity contribution is -0.135. The van der Waals surface area contributed by atoms with E-state index >= 15 is 0 Å². The number of aliphatic hydroxyl groups is 1. The highest BCUT2D eigenvalue weighted by Crippen LogP contribution is 2.21. The van der Waals surface area contributed by atoms with Crippen LogP contribution in [0.25, 0.3) is 0 Å². The lowest BCUT2D eigenvalue weighted by atomic mass is 9.95. The third-order valence-corrected chi connectivity index (χ3v) is 2.10. The standard InChI is InChI=1S/C10H20F3NO/c1-9(2,8-15)7-14-6-4-3-5-10(11,12)13/h14-15H,3-8H2,1-2H3. The van der Waals surface area contributed by atoms with Gasteiger partial charge in [-0.2, -0.15) is 13.2 Å². The molecule has 0 amide bonds. The number of hydrogen-bond donors (Lipinski definition) is 2. The molecule has 0 aliphatic rings. The molecule has 0 spiro atoms. The largest absolute Gasteiger partial charge is 0.396 e. The first-order chi connectivity index (χ1) is 6.77. The minimum absolute atomic E-state index is 0.0720. The van der Waals surface area contributed by atoms with E-state index in [0.717, 1.165) is 0 Å². The average Bonchev–Trinajstić information content (AvgIpc) is 2.09. The van der Waals surface area contributed by atoms with Gasteiger partial charge in [0.2, 0.25) is 0 Å². The normalized spacial score (nSPS) is 13.2. The van der Waals surface area contributed by atoms with Gasteiger partial charge in [-0.25, -0.2) is 0 Å². The molecule has 0 saturated carbocycles. The van der Waals surface area contributed by atoms with Crippen molar-refractivity contribution < 1.29 is 18.3 Å². The maximum atomic E-state index is 11.8. The van der Waals surface area contributed by atoms with E-state index in [1.807, 2.05) is 13.8 Å². The second kappa shape index (κ2) is 6.33. The van der Waals surface area contributed by atoms with Crippen molar-refractivity contribution in [3.8, 4) is 0 Å². The van der Waals surface area contributed by atoms with Crippen LogP contribution < -0.4 is 5.32 Å². The number of nitrogens with one attached hydrogen (secondary N) is 1. The molecule has 0 aliphatic carbocycles. The predicted octanol–water partition coefficient (Wildman–Crippen LogP) is 2.33. The molecule has 0 unspecified atom stereocenters. The van der Waals surface area contributed by atoms with Crippen LogP contribution >= 0.6 is 0 Å². The molecule has 0 aromatic heterocycles. The topological polar surface area (TPSA) is 32.3 Å². The van der Waals surface area contributed by atoms with Crippen LogP contribution in [0.5, 0.6) is 0 Å². The maximum Gasteiger partial charge on any atom is 0.389 e. The molecule has 0 aromatic carbocycles. The summed E-state index contributed by atoms with van der Waals surface area (Å²) < 4.78 is 35.3. The molecule has 2 nitrogen and oxygen atoms in total. The highest BCUT2D eigenvalue weighted by Gasteiger charge is 2.25. The van der Waals surface area contributed by atoms with Gasteiger partial charge in [-0.05, 0) is 19.4 Å². The van der Waals surface area contributed by atoms with Crippen LogP contribution in [0.3, 0.4) is 0 Å². The van der Waals surface area contributed by atoms with Gasteiger partial charge < -0.3 is 10.4 Å². The second-order valence-electron chi connectivity index (χ2n) is 4.57. The van der Waals surface area contributed by atoms with Gasteiger partial charge in [0.25, 0.3) is 0 Å². The van der Waals surface area contributed by atoms with Crippen LogP contribution in [0.15, 0.2) is 0 Å². The van der Waals surface area contributed by atoms with Crippen molar-refractivity contribution in [1.29, 1.82) is 0 Å². The summed E-state index contributed by atoms with van der Waals surface area (Å²) >= 11 is 0. The predicted molar refractivity (Wildman–Crippen MR) is 53.6 cm³/mol. The molecule has 15 heavy (non-hydrogen) atoms. The summed E-state index contributed by atoms with van der Waals surface area (Å²) in [5.74, 6) is 0. The van der Waals surface area contributed by atoms with Crippen molar-refractivity contribution in [3.63, 3.8) is 0 Å². The molecule has 5 heteroatoms. The molecule has 0 aliphatic heterocycles. The fourth-order valence-electron chi connectivity index (χ4n) is 1.06. The van der Waals surface area contributed by atoms with E-state index in [2.05, 4.69) is 5.32 Å². The molecular weight excluding hydrogens is 207 g/mol. The Morgan fingerprint density at radius 3 is 2.20 bits per heavy atom. The molecule has 0 atom stereocenters. The van der Waals surface area contributed by atoms with Crippen LogP contribution in [-0.2, 0) is 0 Å². The molecular formula is C10H20F3NO. The van der Waals surface area contributed by atoms with E-state index in [9.17, 15) is 13.2 Å². The van der Waals surface area contributed by atoms with Crippen molar-refractivity contribution in [2.45, 2.75) is 39.3 Å². The first-order valence-electron chi connectivity index (χ1n) is 5.15. The van der Waals surface area contributed by atoms with Crippen molar-refractivity contribution in [1.82, 2.24) is 5.32 Å². The Balaban J connectivity index is 3.33. The lowest BCUT2D eigenvalue weighted by Gasteiger charge is -2.21. The summed E-state index contributed by atoms with van der Waals surface area (Å²) in [5, 5.41) is 12.0. The van der Waals surface area contributed by atoms with E-state index in [0.29, 0.717) is 19.5 Å². The Morgan fingerprint density at radius 2 is 1.73 bits per heavy atom. The van der Waals surface area contributed by atoms with E-state index in [1.54, 1.807) is 0 Å². The first-order valence-corrected chi connectivity index (χ1v) is 5.15. The molecule has 0 heterocycles. The van der Waals surface area contributed by atoms with Gasteiger partial charge in [0.05, 0.1) is 0 Å². The Bertz CT molecular complexity index is 169. The zero-order valence-electron chi connectivity index (χ0n) is 9.32. The number of alkyl halides is 3. The van der Waals surface area contributed by atoms with Crippen molar-refractivity contribution in [2.75, 3.05) is 19.7 Å². The van der Waals surface area contributed by atoms with Gasteiger partial charge in [0.15, 0.2) is 0 Å². The number of rotatable bonds is 7. The SMILES string of the molecule is CC(C)(CO)CNCCCCC(F)(F)F. The van der Waals surface area contributed by atoms with E-state index in [1.165, 1.54) is 0 Å². The Labute approximate surface area is 88.9 Å². The van der Waals surface area contributed by atoms with Crippen LogP contribution in [0.2, 0.25) is 0 Å². The summed E-state index contributed by atoms with van der Waals surface area (Å²) in [7, 11) is 0. The number of halogens is 3. The van der Waals surface area contributed by atoms with Crippen LogP contribution in [0.4, 0.5) is 13.2 Å². The fraction of sp³-hybridized carbons (Fsp3) is 1.00. The van der Waals surface area contributed by atoms with Gasteiger partial charge in [-0.15, -0.1) is 0 Å². The van der Waals surface area contributed by atoms with Crippen LogP contribution in [-0.4, -0.2) is 31.0 Å². The molecule has 92 valence electrons. The molecule has 0 radical (unpaired) electrons. The molecule has 0 fully saturated rings. The minimum atomic E-state index is -4.04. The third kappa shape index (κ3) is 10.0. The quantitative estimate of drug-likeness (QED) is 0.654. The highest BCUT2D eigenvalue weighted by molar-refractivity contribution is 4.69. The van der Waals surface area contributed by atoms with Crippen molar-refractivity contribution >= 4 is 0 Å². The van der Waals surface area contributed by atoms with E-state index in [4.69, 9.17) is 5.11 Å². The second-order valence-corrected chi connectivity index (χ2v) is 4.57. The van der Waals surface area contributed by atoms with Gasteiger partial charge in [-0.1, -0.05) is 13.8 Å².